The fourth-order valence-electron chi connectivity index (χ4n) is 4.12. The summed E-state index contributed by atoms with van der Waals surface area (Å²) in [7, 11) is 1.66. The van der Waals surface area contributed by atoms with Gasteiger partial charge < -0.3 is 9.47 Å². The topological polar surface area (TPSA) is 82.9 Å². The van der Waals surface area contributed by atoms with Gasteiger partial charge in [0.15, 0.2) is 5.01 Å². The molecule has 29 heavy (non-hydrogen) atoms. The number of nitrogens with zero attached hydrogens (tertiary/aromatic N) is 5. The minimum Gasteiger partial charge on any atom is -0.495 e. The summed E-state index contributed by atoms with van der Waals surface area (Å²) in [5.41, 5.74) is 2.17. The van der Waals surface area contributed by atoms with Crippen molar-refractivity contribution in [2.75, 3.05) is 7.11 Å². The van der Waals surface area contributed by atoms with Gasteiger partial charge in [-0.1, -0.05) is 11.3 Å². The summed E-state index contributed by atoms with van der Waals surface area (Å²) in [6, 6.07) is 4.04. The van der Waals surface area contributed by atoms with E-state index >= 15 is 0 Å². The molecule has 3 heterocycles. The molecule has 3 aliphatic carbocycles. The predicted molar refractivity (Wildman–Crippen MR) is 107 cm³/mol. The minimum atomic E-state index is 0.167. The van der Waals surface area contributed by atoms with Crippen molar-refractivity contribution in [2.24, 2.45) is 5.41 Å². The molecule has 3 aromatic rings. The summed E-state index contributed by atoms with van der Waals surface area (Å²) >= 11 is 1.64. The number of rotatable bonds is 6. The smallest absolute Gasteiger partial charge is 0.227 e. The summed E-state index contributed by atoms with van der Waals surface area (Å²) < 4.78 is 11.6. The second kappa shape index (κ2) is 6.19. The molecule has 0 saturated heterocycles. The van der Waals surface area contributed by atoms with E-state index in [4.69, 9.17) is 9.47 Å². The van der Waals surface area contributed by atoms with E-state index in [9.17, 15) is 0 Å². The highest BCUT2D eigenvalue weighted by Gasteiger charge is 2.73. The molecule has 0 N–H and O–H groups in total. The lowest BCUT2D eigenvalue weighted by atomic mass is 10.2. The van der Waals surface area contributed by atoms with Gasteiger partial charge in [-0.05, 0) is 44.7 Å². The SMILES string of the molecule is COc1ccc([C@H]2C[C@]23C[C@H]3Oc2nc(C)ncc2-c2nnc(C3CC3)s2)nc1. The second-order valence-electron chi connectivity index (χ2n) is 8.28. The van der Waals surface area contributed by atoms with Crippen LogP contribution >= 0.6 is 11.3 Å². The Morgan fingerprint density at radius 1 is 1.10 bits per heavy atom. The molecule has 0 bridgehead atoms. The molecule has 0 radical (unpaired) electrons. The summed E-state index contributed by atoms with van der Waals surface area (Å²) in [4.78, 5) is 13.5. The molecule has 148 valence electrons. The van der Waals surface area contributed by atoms with E-state index in [-0.39, 0.29) is 11.5 Å². The fraction of sp³-hybridized carbons (Fsp3) is 0.476. The van der Waals surface area contributed by atoms with Crippen LogP contribution in [0.5, 0.6) is 11.6 Å². The maximum Gasteiger partial charge on any atom is 0.227 e. The molecule has 3 fully saturated rings. The highest BCUT2D eigenvalue weighted by molar-refractivity contribution is 7.14. The standard InChI is InChI=1S/C21H21N5O2S/c1-11-22-10-14(20-26-25-19(29-20)12-3-4-12)18(24-11)28-17-8-21(17)7-15(21)16-6-5-13(27-2)9-23-16/h5-6,9-10,12,15,17H,3-4,7-8H2,1-2H3/t15-,17-,21+/m1/s1. The lowest BCUT2D eigenvalue weighted by Gasteiger charge is -2.09. The molecule has 6 rings (SSSR count). The van der Waals surface area contributed by atoms with E-state index in [1.165, 1.54) is 12.8 Å². The van der Waals surface area contributed by atoms with Gasteiger partial charge in [-0.2, -0.15) is 4.98 Å². The minimum absolute atomic E-state index is 0.167. The van der Waals surface area contributed by atoms with Crippen molar-refractivity contribution < 1.29 is 9.47 Å². The van der Waals surface area contributed by atoms with Crippen LogP contribution in [0.15, 0.2) is 24.5 Å². The number of methoxy groups -OCH3 is 1. The Bertz CT molecular complexity index is 1080. The molecule has 3 aliphatic rings. The van der Waals surface area contributed by atoms with E-state index in [2.05, 4.69) is 31.2 Å². The van der Waals surface area contributed by atoms with Crippen molar-refractivity contribution in [1.29, 1.82) is 0 Å². The molecule has 1 spiro atoms. The zero-order valence-electron chi connectivity index (χ0n) is 16.3. The average molecular weight is 407 g/mol. The van der Waals surface area contributed by atoms with Gasteiger partial charge in [0.2, 0.25) is 5.88 Å². The monoisotopic (exact) mass is 407 g/mol. The number of hydrogen-bond acceptors (Lipinski definition) is 8. The number of pyridine rings is 1. The molecule has 0 amide bonds. The van der Waals surface area contributed by atoms with Crippen LogP contribution in [0.2, 0.25) is 0 Å². The quantitative estimate of drug-likeness (QED) is 0.612. The lowest BCUT2D eigenvalue weighted by molar-refractivity contribution is 0.267. The van der Waals surface area contributed by atoms with Gasteiger partial charge in [0.05, 0.1) is 18.9 Å². The highest BCUT2D eigenvalue weighted by Crippen LogP contribution is 2.75. The van der Waals surface area contributed by atoms with Crippen molar-refractivity contribution >= 4 is 11.3 Å². The number of hydrogen-bond donors (Lipinski definition) is 0. The fourth-order valence-corrected chi connectivity index (χ4v) is 5.14. The summed E-state index contributed by atoms with van der Waals surface area (Å²) in [5, 5.41) is 10.7. The molecule has 3 saturated carbocycles. The van der Waals surface area contributed by atoms with Gasteiger partial charge in [-0.25, -0.2) is 4.98 Å². The predicted octanol–water partition coefficient (Wildman–Crippen LogP) is 3.91. The normalized spacial score (nSPS) is 27.1. The summed E-state index contributed by atoms with van der Waals surface area (Å²) in [6.45, 7) is 1.89. The summed E-state index contributed by atoms with van der Waals surface area (Å²) in [5.74, 6) is 3.16. The zero-order valence-corrected chi connectivity index (χ0v) is 17.1. The molecule has 0 aliphatic heterocycles. The Balaban J connectivity index is 1.21. The Hall–Kier alpha value is -2.61. The van der Waals surface area contributed by atoms with Gasteiger partial charge >= 0.3 is 0 Å². The largest absolute Gasteiger partial charge is 0.495 e. The van der Waals surface area contributed by atoms with E-state index in [0.29, 0.717) is 23.5 Å². The third kappa shape index (κ3) is 2.97. The molecular weight excluding hydrogens is 386 g/mol. The average Bonchev–Trinajstić information content (AvgIpc) is 3.69. The highest BCUT2D eigenvalue weighted by atomic mass is 32.1. The summed E-state index contributed by atoms with van der Waals surface area (Å²) in [6.07, 6.45) is 8.36. The lowest BCUT2D eigenvalue weighted by Crippen LogP contribution is -2.06. The van der Waals surface area contributed by atoms with Crippen LogP contribution in [0.25, 0.3) is 10.6 Å². The zero-order chi connectivity index (χ0) is 19.6. The van der Waals surface area contributed by atoms with Crippen molar-refractivity contribution in [3.8, 4) is 22.2 Å². The molecular formula is C21H21N5O2S. The first-order valence-electron chi connectivity index (χ1n) is 10.0. The molecule has 7 nitrogen and oxygen atoms in total. The van der Waals surface area contributed by atoms with Crippen LogP contribution < -0.4 is 9.47 Å². The Kier molecular flexibility index (Phi) is 3.69. The van der Waals surface area contributed by atoms with Crippen LogP contribution in [-0.2, 0) is 0 Å². The van der Waals surface area contributed by atoms with E-state index in [1.54, 1.807) is 24.6 Å². The van der Waals surface area contributed by atoms with Crippen molar-refractivity contribution in [1.82, 2.24) is 25.1 Å². The maximum atomic E-state index is 6.39. The van der Waals surface area contributed by atoms with Gasteiger partial charge in [0, 0.05) is 29.1 Å². The van der Waals surface area contributed by atoms with Gasteiger partial charge in [-0.3, -0.25) is 4.98 Å². The first-order chi connectivity index (χ1) is 14.2. The molecule has 3 aromatic heterocycles. The van der Waals surface area contributed by atoms with Crippen LogP contribution in [0.3, 0.4) is 0 Å². The van der Waals surface area contributed by atoms with E-state index in [1.807, 2.05) is 19.2 Å². The molecule has 3 atom stereocenters. The van der Waals surface area contributed by atoms with Gasteiger partial charge in [-0.15, -0.1) is 10.2 Å². The van der Waals surface area contributed by atoms with Gasteiger partial charge in [0.25, 0.3) is 0 Å². The van der Waals surface area contributed by atoms with Crippen molar-refractivity contribution in [3.05, 3.63) is 41.1 Å². The van der Waals surface area contributed by atoms with E-state index in [0.717, 1.165) is 39.9 Å². The first kappa shape index (κ1) is 17.3. The van der Waals surface area contributed by atoms with Crippen LogP contribution in [-0.4, -0.2) is 38.4 Å². The second-order valence-corrected chi connectivity index (χ2v) is 9.29. The maximum absolute atomic E-state index is 6.39. The molecule has 0 aromatic carbocycles. The third-order valence-corrected chi connectivity index (χ3v) is 7.36. The van der Waals surface area contributed by atoms with Crippen molar-refractivity contribution in [3.63, 3.8) is 0 Å². The molecule has 0 unspecified atom stereocenters. The third-order valence-electron chi connectivity index (χ3n) is 6.24. The van der Waals surface area contributed by atoms with Crippen LogP contribution in [0, 0.1) is 12.3 Å². The first-order valence-corrected chi connectivity index (χ1v) is 10.8. The Morgan fingerprint density at radius 2 is 2.00 bits per heavy atom. The number of aromatic nitrogens is 5. The van der Waals surface area contributed by atoms with Crippen molar-refractivity contribution in [2.45, 2.75) is 50.5 Å². The Morgan fingerprint density at radius 3 is 2.76 bits per heavy atom. The van der Waals surface area contributed by atoms with E-state index < -0.39 is 0 Å². The number of aryl methyl sites for hydroxylation is 1. The van der Waals surface area contributed by atoms with Gasteiger partial charge in [0.1, 0.15) is 22.7 Å². The molecule has 8 heteroatoms. The number of ether oxygens (including phenoxy) is 2. The Labute approximate surface area is 172 Å². The van der Waals surface area contributed by atoms with Crippen LogP contribution in [0.4, 0.5) is 0 Å². The van der Waals surface area contributed by atoms with Crippen LogP contribution in [0.1, 0.15) is 54.0 Å².